The molecule has 14 nitrogen and oxygen atoms in total. The summed E-state index contributed by atoms with van der Waals surface area (Å²) in [6.45, 7) is 10.2. The number of carbonyl (C=O) groups excluding carboxylic acids is 4. The van der Waals surface area contributed by atoms with Crippen molar-refractivity contribution < 1.29 is 46.5 Å². The summed E-state index contributed by atoms with van der Waals surface area (Å²) in [5.74, 6) is -0.895. The maximum absolute atomic E-state index is 15.1. The summed E-state index contributed by atoms with van der Waals surface area (Å²) < 4.78 is 49.6. The van der Waals surface area contributed by atoms with Crippen LogP contribution in [0.2, 0.25) is 0 Å². The molecule has 1 saturated heterocycles. The van der Waals surface area contributed by atoms with Crippen LogP contribution in [0.5, 0.6) is 11.5 Å². The first-order valence-electron chi connectivity index (χ1n) is 18.4. The molecule has 2 heterocycles. The fraction of sp³-hybridized carbons (Fsp3) is 0.500. The normalized spacial score (nSPS) is 18.0. The number of hydrogen-bond acceptors (Lipinski definition) is 10. The molecular formula is C40H52N4O10S. The first-order chi connectivity index (χ1) is 25.9. The van der Waals surface area contributed by atoms with E-state index in [-0.39, 0.29) is 23.6 Å². The van der Waals surface area contributed by atoms with Gasteiger partial charge in [0.1, 0.15) is 35.3 Å². The molecule has 2 N–H and O–H groups in total. The molecule has 0 radical (unpaired) electrons. The van der Waals surface area contributed by atoms with Crippen LogP contribution < -0.4 is 24.4 Å². The number of hydrogen-bond donors (Lipinski definition) is 2. The highest BCUT2D eigenvalue weighted by Crippen LogP contribution is 2.43. The predicted octanol–water partition coefficient (Wildman–Crippen LogP) is 5.17. The second kappa shape index (κ2) is 16.5. The summed E-state index contributed by atoms with van der Waals surface area (Å²) >= 11 is 0. The van der Waals surface area contributed by atoms with Crippen molar-refractivity contribution in [3.63, 3.8) is 0 Å². The number of benzene rings is 3. The summed E-state index contributed by atoms with van der Waals surface area (Å²) in [5, 5.41) is 4.24. The second-order valence-corrected chi connectivity index (χ2v) is 17.1. The lowest BCUT2D eigenvalue weighted by molar-refractivity contribution is -0.139. The van der Waals surface area contributed by atoms with E-state index in [9.17, 15) is 22.8 Å². The van der Waals surface area contributed by atoms with Crippen LogP contribution in [0, 0.1) is 5.41 Å². The third kappa shape index (κ3) is 9.16. The quantitative estimate of drug-likeness (QED) is 0.265. The Labute approximate surface area is 322 Å². The van der Waals surface area contributed by atoms with Crippen LogP contribution in [0.15, 0.2) is 54.6 Å². The molecule has 1 spiro atoms. The van der Waals surface area contributed by atoms with Gasteiger partial charge >= 0.3 is 6.09 Å². The zero-order valence-corrected chi connectivity index (χ0v) is 33.6. The van der Waals surface area contributed by atoms with E-state index in [1.807, 2.05) is 32.4 Å². The van der Waals surface area contributed by atoms with Gasteiger partial charge in [-0.15, -0.1) is 0 Å². The van der Waals surface area contributed by atoms with E-state index in [0.717, 1.165) is 12.7 Å². The monoisotopic (exact) mass is 780 g/mol. The summed E-state index contributed by atoms with van der Waals surface area (Å²) in [7, 11) is -0.785. The average Bonchev–Trinajstić information content (AvgIpc) is 3.21. The highest BCUT2D eigenvalue weighted by Gasteiger charge is 2.52. The Kier molecular flexibility index (Phi) is 12.4. The van der Waals surface area contributed by atoms with Crippen molar-refractivity contribution in [2.75, 3.05) is 38.5 Å². The summed E-state index contributed by atoms with van der Waals surface area (Å²) in [5.41, 5.74) is -0.292. The molecule has 0 aromatic heterocycles. The summed E-state index contributed by atoms with van der Waals surface area (Å²) in [4.78, 5) is 58.1. The van der Waals surface area contributed by atoms with Crippen molar-refractivity contribution >= 4 is 50.3 Å². The number of anilines is 1. The van der Waals surface area contributed by atoms with Crippen molar-refractivity contribution in [2.45, 2.75) is 90.6 Å². The smallest absolute Gasteiger partial charge is 0.410 e. The first kappa shape index (κ1) is 41.3. The zero-order valence-electron chi connectivity index (χ0n) is 32.8. The molecule has 1 unspecified atom stereocenters. The Bertz CT molecular complexity index is 2040. The fourth-order valence-electron chi connectivity index (χ4n) is 7.00. The number of nitrogens with zero attached hydrogens (tertiary/aromatic N) is 2. The summed E-state index contributed by atoms with van der Waals surface area (Å²) in [6, 6.07) is 13.1. The van der Waals surface area contributed by atoms with E-state index < -0.39 is 51.5 Å². The number of nitrogens with one attached hydrogen (secondary N) is 2. The van der Waals surface area contributed by atoms with Crippen molar-refractivity contribution in [1.82, 2.24) is 14.9 Å². The number of likely N-dealkylation sites (N-methyl/N-ethyl adjacent to an activating group) is 1. The topological polar surface area (TPSA) is 170 Å². The van der Waals surface area contributed by atoms with Gasteiger partial charge in [-0.3, -0.25) is 19.3 Å². The van der Waals surface area contributed by atoms with Crippen LogP contribution in [0.25, 0.3) is 10.8 Å². The van der Waals surface area contributed by atoms with E-state index in [2.05, 4.69) is 5.32 Å². The Morgan fingerprint density at radius 3 is 2.40 bits per heavy atom. The van der Waals surface area contributed by atoms with Crippen LogP contribution >= 0.6 is 0 Å². The molecular weight excluding hydrogens is 729 g/mol. The SMILES string of the molecule is CCCC(OC(=O)N(C)[C@@H](C)C(=O)N[C@@H]1C(=O)N(Cc2c(OC)ccc3cc(C(=O)NS(C)(=O)=O)ccc23)c2ccccc2OC12CCOCC2)C(C)(C)C. The van der Waals surface area contributed by atoms with Crippen molar-refractivity contribution in [3.05, 3.63) is 65.7 Å². The number of amides is 4. The van der Waals surface area contributed by atoms with E-state index in [4.69, 9.17) is 18.9 Å². The molecule has 55 heavy (non-hydrogen) atoms. The number of carbonyl (C=O) groups is 4. The Balaban J connectivity index is 1.52. The van der Waals surface area contributed by atoms with Crippen LogP contribution in [0.3, 0.4) is 0 Å². The van der Waals surface area contributed by atoms with Crippen LogP contribution in [0.1, 0.15) is 76.2 Å². The van der Waals surface area contributed by atoms with Crippen molar-refractivity contribution in [1.29, 1.82) is 0 Å². The molecule has 0 saturated carbocycles. The Hall–Kier alpha value is -4.89. The molecule has 3 aromatic rings. The third-order valence-corrected chi connectivity index (χ3v) is 10.9. The predicted molar refractivity (Wildman–Crippen MR) is 208 cm³/mol. The van der Waals surface area contributed by atoms with Gasteiger partial charge in [0.2, 0.25) is 15.9 Å². The van der Waals surface area contributed by atoms with Crippen LogP contribution in [-0.4, -0.2) is 94.5 Å². The number of methoxy groups -OCH3 is 1. The van der Waals surface area contributed by atoms with Crippen LogP contribution in [0.4, 0.5) is 10.5 Å². The zero-order chi connectivity index (χ0) is 40.3. The second-order valence-electron chi connectivity index (χ2n) is 15.3. The molecule has 15 heteroatoms. The van der Waals surface area contributed by atoms with E-state index in [0.29, 0.717) is 66.0 Å². The lowest BCUT2D eigenvalue weighted by Crippen LogP contribution is -2.65. The molecule has 5 rings (SSSR count). The van der Waals surface area contributed by atoms with Gasteiger partial charge in [0.05, 0.1) is 38.8 Å². The number of rotatable bonds is 11. The number of para-hydroxylation sites is 2. The minimum Gasteiger partial charge on any atom is -0.496 e. The highest BCUT2D eigenvalue weighted by atomic mass is 32.2. The standard InChI is InChI=1S/C40H52N4O10S/c1-9-12-33(39(3,4)5)53-38(48)43(6)25(2)35(45)41-34-37(47)44(30-13-10-11-14-32(30)54-40(34)19-21-52-22-20-40)24-29-28-17-15-27(36(46)42-55(8,49)50)23-26(28)16-18-31(29)51-7/h10-11,13-18,23,25,33-34H,9,12,19-22,24H2,1-8H3,(H,41,45)(H,42,46)/t25-,33?,34+/m0/s1. The first-order valence-corrected chi connectivity index (χ1v) is 20.3. The number of sulfonamides is 1. The maximum Gasteiger partial charge on any atom is 0.410 e. The lowest BCUT2D eigenvalue weighted by Gasteiger charge is -2.42. The van der Waals surface area contributed by atoms with Gasteiger partial charge in [0.15, 0.2) is 0 Å². The number of ether oxygens (including phenoxy) is 4. The Morgan fingerprint density at radius 1 is 1.07 bits per heavy atom. The minimum atomic E-state index is -3.79. The van der Waals surface area contributed by atoms with E-state index >= 15 is 4.79 Å². The summed E-state index contributed by atoms with van der Waals surface area (Å²) in [6.07, 6.45) is 1.99. The molecule has 0 aliphatic carbocycles. The third-order valence-electron chi connectivity index (χ3n) is 10.3. The highest BCUT2D eigenvalue weighted by molar-refractivity contribution is 7.89. The lowest BCUT2D eigenvalue weighted by atomic mass is 9.84. The largest absolute Gasteiger partial charge is 0.496 e. The fourth-order valence-corrected chi connectivity index (χ4v) is 7.45. The van der Waals surface area contributed by atoms with Crippen molar-refractivity contribution in [3.8, 4) is 11.5 Å². The van der Waals surface area contributed by atoms with Gasteiger partial charge in [-0.05, 0) is 59.9 Å². The van der Waals surface area contributed by atoms with Gasteiger partial charge in [-0.25, -0.2) is 17.9 Å². The molecule has 3 atom stereocenters. The minimum absolute atomic E-state index is 0.0268. The molecule has 0 bridgehead atoms. The molecule has 3 aromatic carbocycles. The van der Waals surface area contributed by atoms with Gasteiger partial charge in [0, 0.05) is 31.0 Å². The molecule has 298 valence electrons. The molecule has 2 aliphatic rings. The Morgan fingerprint density at radius 2 is 1.76 bits per heavy atom. The van der Waals surface area contributed by atoms with Crippen LogP contribution in [-0.2, 0) is 35.6 Å². The van der Waals surface area contributed by atoms with Gasteiger partial charge in [-0.1, -0.05) is 58.4 Å². The molecule has 2 aliphatic heterocycles. The average molecular weight is 781 g/mol. The van der Waals surface area contributed by atoms with Gasteiger partial charge in [0.25, 0.3) is 11.8 Å². The van der Waals surface area contributed by atoms with E-state index in [1.165, 1.54) is 25.1 Å². The van der Waals surface area contributed by atoms with Gasteiger partial charge < -0.3 is 29.2 Å². The number of fused-ring (bicyclic) bond motifs is 2. The van der Waals surface area contributed by atoms with E-state index in [1.54, 1.807) is 60.4 Å². The molecule has 1 fully saturated rings. The maximum atomic E-state index is 15.1. The van der Waals surface area contributed by atoms with Crippen molar-refractivity contribution in [2.24, 2.45) is 5.41 Å². The van der Waals surface area contributed by atoms with Gasteiger partial charge in [-0.2, -0.15) is 0 Å². The molecule has 4 amide bonds.